The van der Waals surface area contributed by atoms with Crippen molar-refractivity contribution >= 4 is 37.5 Å². The molecule has 0 amide bonds. The van der Waals surface area contributed by atoms with Gasteiger partial charge in [0.1, 0.15) is 10.4 Å². The highest BCUT2D eigenvalue weighted by Crippen LogP contribution is 2.35. The van der Waals surface area contributed by atoms with Gasteiger partial charge in [-0.3, -0.25) is 0 Å². The van der Waals surface area contributed by atoms with E-state index in [1.54, 1.807) is 12.1 Å². The molecule has 0 saturated carbocycles. The molecule has 0 aliphatic heterocycles. The Balaban J connectivity index is 2.64. The van der Waals surface area contributed by atoms with Gasteiger partial charge in [-0.1, -0.05) is 0 Å². The van der Waals surface area contributed by atoms with E-state index in [0.29, 0.717) is 10.3 Å². The summed E-state index contributed by atoms with van der Waals surface area (Å²) in [6, 6.07) is 6.21. The Morgan fingerprint density at radius 2 is 1.76 bits per heavy atom. The number of benzene rings is 1. The van der Waals surface area contributed by atoms with E-state index in [-0.39, 0.29) is 5.82 Å². The highest BCUT2D eigenvalue weighted by atomic mass is 79.9. The molecule has 17 heavy (non-hydrogen) atoms. The van der Waals surface area contributed by atoms with Crippen LogP contribution in [0.1, 0.15) is 5.56 Å². The molecule has 1 aromatic carbocycles. The zero-order chi connectivity index (χ0) is 12.6. The van der Waals surface area contributed by atoms with Gasteiger partial charge in [0.2, 0.25) is 0 Å². The van der Waals surface area contributed by atoms with Gasteiger partial charge in [0, 0.05) is 10.0 Å². The fourth-order valence-corrected chi connectivity index (χ4v) is 2.54. The van der Waals surface area contributed by atoms with Crippen LogP contribution in [0.15, 0.2) is 33.3 Å². The van der Waals surface area contributed by atoms with Crippen molar-refractivity contribution in [2.75, 3.05) is 5.73 Å². The number of pyridine rings is 1. The van der Waals surface area contributed by atoms with Gasteiger partial charge in [-0.05, 0) is 68.6 Å². The van der Waals surface area contributed by atoms with Gasteiger partial charge in [-0.2, -0.15) is 0 Å². The first-order valence-electron chi connectivity index (χ1n) is 4.87. The maximum absolute atomic E-state index is 12.9. The maximum Gasteiger partial charge on any atom is 0.130 e. The first-order valence-corrected chi connectivity index (χ1v) is 6.46. The zero-order valence-corrected chi connectivity index (χ0v) is 12.1. The molecule has 0 atom stereocenters. The van der Waals surface area contributed by atoms with E-state index in [9.17, 15) is 4.39 Å². The van der Waals surface area contributed by atoms with Crippen molar-refractivity contribution in [1.29, 1.82) is 0 Å². The summed E-state index contributed by atoms with van der Waals surface area (Å²) in [5.74, 6) is -0.264. The van der Waals surface area contributed by atoms with Gasteiger partial charge in [0.25, 0.3) is 0 Å². The standard InChI is InChI=1S/C12H9Br2FN2/c1-6-9(13)10(16)12(14)17-11(6)7-2-4-8(15)5-3-7/h2-5H,16H2,1H3. The molecule has 0 unspecified atom stereocenters. The van der Waals surface area contributed by atoms with Crippen LogP contribution in [0.25, 0.3) is 11.3 Å². The van der Waals surface area contributed by atoms with E-state index in [0.717, 1.165) is 21.3 Å². The molecule has 0 fully saturated rings. The molecule has 0 bridgehead atoms. The largest absolute Gasteiger partial charge is 0.396 e. The maximum atomic E-state index is 12.9. The Bertz CT molecular complexity index is 568. The highest BCUT2D eigenvalue weighted by Gasteiger charge is 2.13. The van der Waals surface area contributed by atoms with E-state index in [1.807, 2.05) is 6.92 Å². The van der Waals surface area contributed by atoms with E-state index in [1.165, 1.54) is 12.1 Å². The van der Waals surface area contributed by atoms with Gasteiger partial charge < -0.3 is 5.73 Å². The van der Waals surface area contributed by atoms with E-state index >= 15 is 0 Å². The Kier molecular flexibility index (Phi) is 3.49. The van der Waals surface area contributed by atoms with Crippen LogP contribution in [0.2, 0.25) is 0 Å². The van der Waals surface area contributed by atoms with Gasteiger partial charge in [0.15, 0.2) is 0 Å². The number of aromatic nitrogens is 1. The van der Waals surface area contributed by atoms with Gasteiger partial charge in [-0.15, -0.1) is 0 Å². The minimum absolute atomic E-state index is 0.264. The number of hydrogen-bond donors (Lipinski definition) is 1. The third kappa shape index (κ3) is 2.35. The lowest BCUT2D eigenvalue weighted by Gasteiger charge is -2.11. The average molecular weight is 360 g/mol. The molecule has 0 spiro atoms. The van der Waals surface area contributed by atoms with Crippen LogP contribution in [0.3, 0.4) is 0 Å². The highest BCUT2D eigenvalue weighted by molar-refractivity contribution is 9.11. The smallest absolute Gasteiger partial charge is 0.130 e. The van der Waals surface area contributed by atoms with Crippen LogP contribution in [-0.2, 0) is 0 Å². The van der Waals surface area contributed by atoms with Gasteiger partial charge in [-0.25, -0.2) is 9.37 Å². The molecule has 0 aliphatic rings. The Morgan fingerprint density at radius 1 is 1.18 bits per heavy atom. The molecule has 5 heteroatoms. The molecule has 88 valence electrons. The van der Waals surface area contributed by atoms with Crippen molar-refractivity contribution < 1.29 is 4.39 Å². The summed E-state index contributed by atoms with van der Waals surface area (Å²) >= 11 is 6.73. The van der Waals surface area contributed by atoms with Crippen molar-refractivity contribution in [3.8, 4) is 11.3 Å². The van der Waals surface area contributed by atoms with E-state index in [2.05, 4.69) is 36.8 Å². The van der Waals surface area contributed by atoms with Gasteiger partial charge in [0.05, 0.1) is 11.4 Å². The lowest BCUT2D eigenvalue weighted by atomic mass is 10.1. The number of rotatable bonds is 1. The van der Waals surface area contributed by atoms with Crippen molar-refractivity contribution in [3.63, 3.8) is 0 Å². The fourth-order valence-electron chi connectivity index (χ4n) is 1.53. The molecular formula is C12H9Br2FN2. The van der Waals surface area contributed by atoms with E-state index in [4.69, 9.17) is 5.73 Å². The van der Waals surface area contributed by atoms with Crippen LogP contribution in [0.4, 0.5) is 10.1 Å². The SMILES string of the molecule is Cc1c(-c2ccc(F)cc2)nc(Br)c(N)c1Br. The van der Waals surface area contributed by atoms with Crippen molar-refractivity contribution in [2.24, 2.45) is 0 Å². The predicted octanol–water partition coefficient (Wildman–Crippen LogP) is 4.30. The summed E-state index contributed by atoms with van der Waals surface area (Å²) in [5.41, 5.74) is 8.96. The summed E-state index contributed by atoms with van der Waals surface area (Å²) in [5, 5.41) is 0. The van der Waals surface area contributed by atoms with Crippen LogP contribution in [0.5, 0.6) is 0 Å². The zero-order valence-electron chi connectivity index (χ0n) is 8.97. The van der Waals surface area contributed by atoms with Crippen LogP contribution in [-0.4, -0.2) is 4.98 Å². The molecule has 2 nitrogen and oxygen atoms in total. The second-order valence-electron chi connectivity index (χ2n) is 3.61. The molecule has 0 aliphatic carbocycles. The van der Waals surface area contributed by atoms with Crippen molar-refractivity contribution in [2.45, 2.75) is 6.92 Å². The quantitative estimate of drug-likeness (QED) is 0.771. The third-order valence-electron chi connectivity index (χ3n) is 2.47. The number of hydrogen-bond acceptors (Lipinski definition) is 2. The topological polar surface area (TPSA) is 38.9 Å². The van der Waals surface area contributed by atoms with Gasteiger partial charge >= 0.3 is 0 Å². The van der Waals surface area contributed by atoms with Crippen molar-refractivity contribution in [3.05, 3.63) is 44.7 Å². The molecule has 2 aromatic rings. The second kappa shape index (κ2) is 4.74. The summed E-state index contributed by atoms with van der Waals surface area (Å²) in [6.07, 6.45) is 0. The lowest BCUT2D eigenvalue weighted by Crippen LogP contribution is -1.98. The second-order valence-corrected chi connectivity index (χ2v) is 5.15. The Labute approximate surface area is 115 Å². The lowest BCUT2D eigenvalue weighted by molar-refractivity contribution is 0.628. The predicted molar refractivity (Wildman–Crippen MR) is 74.2 cm³/mol. The fraction of sp³-hybridized carbons (Fsp3) is 0.0833. The first kappa shape index (κ1) is 12.5. The molecular weight excluding hydrogens is 351 g/mol. The number of nitrogens with two attached hydrogens (primary N) is 1. The minimum Gasteiger partial charge on any atom is -0.396 e. The summed E-state index contributed by atoms with van der Waals surface area (Å²) in [7, 11) is 0. The third-order valence-corrected chi connectivity index (χ3v) is 4.10. The van der Waals surface area contributed by atoms with Crippen molar-refractivity contribution in [1.82, 2.24) is 4.98 Å². The molecule has 2 rings (SSSR count). The Morgan fingerprint density at radius 3 is 2.35 bits per heavy atom. The monoisotopic (exact) mass is 358 g/mol. The number of halogens is 3. The number of nitrogen functional groups attached to an aromatic ring is 1. The van der Waals surface area contributed by atoms with Crippen LogP contribution in [0, 0.1) is 12.7 Å². The summed E-state index contributed by atoms with van der Waals surface area (Å²) < 4.78 is 14.2. The minimum atomic E-state index is -0.264. The molecule has 0 radical (unpaired) electrons. The first-order chi connectivity index (χ1) is 8.00. The molecule has 1 aromatic heterocycles. The normalized spacial score (nSPS) is 10.6. The van der Waals surface area contributed by atoms with Crippen LogP contribution < -0.4 is 5.73 Å². The van der Waals surface area contributed by atoms with E-state index < -0.39 is 0 Å². The molecule has 1 heterocycles. The summed E-state index contributed by atoms with van der Waals surface area (Å²) in [6.45, 7) is 1.92. The number of nitrogens with zero attached hydrogens (tertiary/aromatic N) is 1. The summed E-state index contributed by atoms with van der Waals surface area (Å²) in [4.78, 5) is 4.37. The Hall–Kier alpha value is -0.940. The number of anilines is 1. The molecule has 0 saturated heterocycles. The van der Waals surface area contributed by atoms with Crippen LogP contribution >= 0.6 is 31.9 Å². The average Bonchev–Trinajstić information content (AvgIpc) is 2.32. The molecule has 2 N–H and O–H groups in total.